The van der Waals surface area contributed by atoms with Gasteiger partial charge < -0.3 is 16.8 Å². The highest BCUT2D eigenvalue weighted by Crippen LogP contribution is 2.30. The number of primary amides is 1. The topological polar surface area (TPSA) is 81.1 Å². The van der Waals surface area contributed by atoms with Crippen LogP contribution in [0.4, 0.5) is 11.4 Å². The molecule has 1 fully saturated rings. The smallest absolute Gasteiger partial charge is 0.250 e. The van der Waals surface area contributed by atoms with Crippen LogP contribution in [0.15, 0.2) is 18.2 Å². The minimum Gasteiger partial charge on any atom is -0.399 e. The van der Waals surface area contributed by atoms with Crippen LogP contribution < -0.4 is 16.8 Å². The highest BCUT2D eigenvalue weighted by atomic mass is 16.1. The predicted molar refractivity (Wildman–Crippen MR) is 74.4 cm³/mol. The largest absolute Gasteiger partial charge is 0.399 e. The van der Waals surface area contributed by atoms with Crippen LogP contribution in [0.2, 0.25) is 0 Å². The Labute approximate surface area is 108 Å². The van der Waals surface area contributed by atoms with Gasteiger partial charge in [0.1, 0.15) is 0 Å². The molecule has 0 aliphatic heterocycles. The van der Waals surface area contributed by atoms with Crippen molar-refractivity contribution in [3.63, 3.8) is 0 Å². The molecule has 0 spiro atoms. The van der Waals surface area contributed by atoms with Gasteiger partial charge in [0.15, 0.2) is 0 Å². The van der Waals surface area contributed by atoms with Crippen LogP contribution in [0.3, 0.4) is 0 Å². The van der Waals surface area contributed by atoms with Gasteiger partial charge in [0.25, 0.3) is 5.91 Å². The van der Waals surface area contributed by atoms with Crippen molar-refractivity contribution in [2.24, 2.45) is 11.7 Å². The zero-order valence-corrected chi connectivity index (χ0v) is 10.8. The van der Waals surface area contributed by atoms with E-state index in [1.54, 1.807) is 18.2 Å². The number of amides is 1. The van der Waals surface area contributed by atoms with Crippen molar-refractivity contribution in [1.82, 2.24) is 0 Å². The molecule has 5 N–H and O–H groups in total. The molecule has 1 saturated carbocycles. The fourth-order valence-electron chi connectivity index (χ4n) is 2.72. The summed E-state index contributed by atoms with van der Waals surface area (Å²) in [6, 6.07) is 5.51. The maximum atomic E-state index is 11.4. The molecule has 0 saturated heterocycles. The van der Waals surface area contributed by atoms with Gasteiger partial charge in [0.05, 0.1) is 5.56 Å². The van der Waals surface area contributed by atoms with Gasteiger partial charge in [-0.25, -0.2) is 0 Å². The fourth-order valence-corrected chi connectivity index (χ4v) is 2.72. The third kappa shape index (κ3) is 2.75. The second-order valence-electron chi connectivity index (χ2n) is 5.15. The monoisotopic (exact) mass is 247 g/mol. The first-order valence-corrected chi connectivity index (χ1v) is 6.54. The Morgan fingerprint density at radius 2 is 2.06 bits per heavy atom. The molecule has 1 atom stereocenters. The molecule has 18 heavy (non-hydrogen) atoms. The number of nitrogens with one attached hydrogen (secondary N) is 1. The van der Waals surface area contributed by atoms with E-state index in [2.05, 4.69) is 12.2 Å². The lowest BCUT2D eigenvalue weighted by atomic mass is 9.99. The van der Waals surface area contributed by atoms with E-state index in [-0.39, 0.29) is 0 Å². The van der Waals surface area contributed by atoms with Gasteiger partial charge in [-0.05, 0) is 43.9 Å². The number of carbonyl (C=O) groups excluding carboxylic acids is 1. The van der Waals surface area contributed by atoms with E-state index in [1.165, 1.54) is 25.7 Å². The van der Waals surface area contributed by atoms with Crippen molar-refractivity contribution in [3.05, 3.63) is 23.8 Å². The molecule has 1 aliphatic carbocycles. The maximum absolute atomic E-state index is 11.4. The van der Waals surface area contributed by atoms with Crippen LogP contribution >= 0.6 is 0 Å². The molecule has 4 nitrogen and oxygen atoms in total. The first-order valence-electron chi connectivity index (χ1n) is 6.54. The number of nitrogens with two attached hydrogens (primary N) is 2. The molecule has 1 aromatic carbocycles. The Kier molecular flexibility index (Phi) is 3.75. The Hall–Kier alpha value is -1.71. The summed E-state index contributed by atoms with van der Waals surface area (Å²) in [7, 11) is 0. The SMILES string of the molecule is CC(Nc1cc(N)ccc1C(N)=O)C1CCCC1. The van der Waals surface area contributed by atoms with Crippen LogP contribution in [0.1, 0.15) is 43.0 Å². The fraction of sp³-hybridized carbons (Fsp3) is 0.500. The molecule has 2 rings (SSSR count). The summed E-state index contributed by atoms with van der Waals surface area (Å²) in [5, 5.41) is 3.39. The van der Waals surface area contributed by atoms with Crippen molar-refractivity contribution in [3.8, 4) is 0 Å². The maximum Gasteiger partial charge on any atom is 0.250 e. The molecule has 1 aromatic rings. The highest BCUT2D eigenvalue weighted by Gasteiger charge is 2.22. The lowest BCUT2D eigenvalue weighted by Gasteiger charge is -2.23. The Balaban J connectivity index is 2.16. The average Bonchev–Trinajstić information content (AvgIpc) is 2.81. The summed E-state index contributed by atoms with van der Waals surface area (Å²) < 4.78 is 0. The first kappa shape index (κ1) is 12.7. The third-order valence-electron chi connectivity index (χ3n) is 3.80. The highest BCUT2D eigenvalue weighted by molar-refractivity contribution is 5.99. The molecule has 0 bridgehead atoms. The first-order chi connectivity index (χ1) is 8.58. The second kappa shape index (κ2) is 5.29. The molecule has 1 unspecified atom stereocenters. The van der Waals surface area contributed by atoms with E-state index in [0.29, 0.717) is 23.2 Å². The quantitative estimate of drug-likeness (QED) is 0.714. The van der Waals surface area contributed by atoms with Gasteiger partial charge >= 0.3 is 0 Å². The minimum atomic E-state index is -0.420. The zero-order valence-electron chi connectivity index (χ0n) is 10.8. The number of rotatable bonds is 4. The summed E-state index contributed by atoms with van der Waals surface area (Å²) in [4.78, 5) is 11.4. The Morgan fingerprint density at radius 3 is 2.67 bits per heavy atom. The van der Waals surface area contributed by atoms with Crippen LogP contribution in [-0.4, -0.2) is 11.9 Å². The van der Waals surface area contributed by atoms with Crippen LogP contribution in [0.5, 0.6) is 0 Å². The molecule has 4 heteroatoms. The zero-order chi connectivity index (χ0) is 13.1. The Morgan fingerprint density at radius 1 is 1.39 bits per heavy atom. The number of hydrogen-bond acceptors (Lipinski definition) is 3. The van der Waals surface area contributed by atoms with Crippen LogP contribution in [0.25, 0.3) is 0 Å². The van der Waals surface area contributed by atoms with Gasteiger partial charge in [-0.3, -0.25) is 4.79 Å². The molecule has 0 aromatic heterocycles. The van der Waals surface area contributed by atoms with Crippen LogP contribution in [0, 0.1) is 5.92 Å². The molecule has 0 radical (unpaired) electrons. The van der Waals surface area contributed by atoms with Crippen LogP contribution in [-0.2, 0) is 0 Å². The summed E-state index contributed by atoms with van der Waals surface area (Å²) >= 11 is 0. The number of nitrogen functional groups attached to an aromatic ring is 1. The van der Waals surface area contributed by atoms with Crippen molar-refractivity contribution in [2.45, 2.75) is 38.6 Å². The number of anilines is 2. The molecule has 98 valence electrons. The van der Waals surface area contributed by atoms with Gasteiger partial charge in [-0.2, -0.15) is 0 Å². The number of hydrogen-bond donors (Lipinski definition) is 3. The number of benzene rings is 1. The molecular formula is C14H21N3O. The third-order valence-corrected chi connectivity index (χ3v) is 3.80. The standard InChI is InChI=1S/C14H21N3O/c1-9(10-4-2-3-5-10)17-13-8-11(15)6-7-12(13)14(16)18/h6-10,17H,2-5,15H2,1H3,(H2,16,18). The van der Waals surface area contributed by atoms with E-state index in [4.69, 9.17) is 11.5 Å². The van der Waals surface area contributed by atoms with E-state index in [9.17, 15) is 4.79 Å². The lowest BCUT2D eigenvalue weighted by molar-refractivity contribution is 0.100. The van der Waals surface area contributed by atoms with Gasteiger partial charge in [0.2, 0.25) is 0 Å². The van der Waals surface area contributed by atoms with E-state index in [1.807, 2.05) is 0 Å². The normalized spacial score (nSPS) is 17.6. The molecular weight excluding hydrogens is 226 g/mol. The van der Waals surface area contributed by atoms with Crippen molar-refractivity contribution >= 4 is 17.3 Å². The van der Waals surface area contributed by atoms with E-state index < -0.39 is 5.91 Å². The van der Waals surface area contributed by atoms with Gasteiger partial charge in [0, 0.05) is 17.4 Å². The molecule has 0 heterocycles. The predicted octanol–water partition coefficient (Wildman–Crippen LogP) is 2.36. The van der Waals surface area contributed by atoms with Crippen molar-refractivity contribution < 1.29 is 4.79 Å². The lowest BCUT2D eigenvalue weighted by Crippen LogP contribution is -2.26. The second-order valence-corrected chi connectivity index (χ2v) is 5.15. The summed E-state index contributed by atoms with van der Waals surface area (Å²) in [5.41, 5.74) is 13.0. The summed E-state index contributed by atoms with van der Waals surface area (Å²) in [6.45, 7) is 2.16. The van der Waals surface area contributed by atoms with Crippen molar-refractivity contribution in [1.29, 1.82) is 0 Å². The van der Waals surface area contributed by atoms with E-state index in [0.717, 1.165) is 5.69 Å². The average molecular weight is 247 g/mol. The summed E-state index contributed by atoms with van der Waals surface area (Å²) in [6.07, 6.45) is 5.11. The minimum absolute atomic E-state index is 0.340. The van der Waals surface area contributed by atoms with E-state index >= 15 is 0 Å². The molecule has 1 amide bonds. The number of carbonyl (C=O) groups is 1. The van der Waals surface area contributed by atoms with Crippen molar-refractivity contribution in [2.75, 3.05) is 11.1 Å². The molecule has 1 aliphatic rings. The Bertz CT molecular complexity index is 439. The van der Waals surface area contributed by atoms with Gasteiger partial charge in [-0.1, -0.05) is 12.8 Å². The summed E-state index contributed by atoms with van der Waals surface area (Å²) in [5.74, 6) is 0.253. The van der Waals surface area contributed by atoms with Gasteiger partial charge in [-0.15, -0.1) is 0 Å².